The number of nitriles is 1. The van der Waals surface area contributed by atoms with Gasteiger partial charge in [0, 0.05) is 11.3 Å². The highest BCUT2D eigenvalue weighted by Crippen LogP contribution is 2.40. The minimum atomic E-state index is -2.78. The maximum Gasteiger partial charge on any atom is 0.280 e. The summed E-state index contributed by atoms with van der Waals surface area (Å²) in [5.74, 6) is 0.0338. The van der Waals surface area contributed by atoms with Crippen LogP contribution in [0.2, 0.25) is 0 Å². The minimum Gasteiger partial charge on any atom is -0.470 e. The molecule has 0 saturated heterocycles. The number of hydrogen-bond acceptors (Lipinski definition) is 8. The average molecular weight is 505 g/mol. The number of aromatic nitrogens is 6. The Kier molecular flexibility index (Phi) is 7.38. The van der Waals surface area contributed by atoms with Gasteiger partial charge < -0.3 is 10.5 Å². The van der Waals surface area contributed by atoms with Crippen LogP contribution in [0, 0.1) is 25.2 Å². The molecule has 4 rings (SSSR count). The number of nitrogens with two attached hydrogens (primary N) is 1. The van der Waals surface area contributed by atoms with Gasteiger partial charge in [0.1, 0.15) is 18.0 Å². The Balaban J connectivity index is 1.94. The van der Waals surface area contributed by atoms with Crippen LogP contribution in [-0.4, -0.2) is 29.9 Å². The molecule has 3 heterocycles. The van der Waals surface area contributed by atoms with Crippen LogP contribution in [-0.2, 0) is 19.6 Å². The zero-order chi connectivity index (χ0) is 26.7. The van der Waals surface area contributed by atoms with E-state index in [2.05, 4.69) is 31.2 Å². The van der Waals surface area contributed by atoms with E-state index in [4.69, 9.17) is 10.5 Å². The summed E-state index contributed by atoms with van der Waals surface area (Å²) in [6.07, 6.45) is -2.12. The lowest BCUT2D eigenvalue weighted by Gasteiger charge is -2.17. The van der Waals surface area contributed by atoms with Gasteiger partial charge in [-0.3, -0.25) is 4.98 Å². The molecule has 0 aliphatic rings. The van der Waals surface area contributed by atoms with E-state index in [9.17, 15) is 14.0 Å². The number of aryl methyl sites for hydroxylation is 3. The second kappa shape index (κ2) is 10.7. The molecule has 37 heavy (non-hydrogen) atoms. The fourth-order valence-electron chi connectivity index (χ4n) is 4.06. The Bertz CT molecular complexity index is 1490. The van der Waals surface area contributed by atoms with Gasteiger partial charge in [-0.15, -0.1) is 0 Å². The number of nitrogen functional groups attached to an aromatic ring is 1. The molecule has 0 aliphatic heterocycles. The van der Waals surface area contributed by atoms with Crippen molar-refractivity contribution < 1.29 is 13.5 Å². The number of pyridine rings is 1. The fraction of sp³-hybridized carbons (Fsp3) is 0.308. The molecule has 0 bridgehead atoms. The van der Waals surface area contributed by atoms with Crippen molar-refractivity contribution in [3.8, 4) is 34.3 Å². The lowest BCUT2D eigenvalue weighted by Crippen LogP contribution is -2.08. The van der Waals surface area contributed by atoms with Crippen molar-refractivity contribution in [1.82, 2.24) is 29.9 Å². The fourth-order valence-corrected chi connectivity index (χ4v) is 4.06. The molecule has 190 valence electrons. The van der Waals surface area contributed by atoms with E-state index in [0.717, 1.165) is 5.69 Å². The molecule has 0 unspecified atom stereocenters. The van der Waals surface area contributed by atoms with Crippen LogP contribution >= 0.6 is 0 Å². The van der Waals surface area contributed by atoms with Crippen LogP contribution in [0.5, 0.6) is 5.88 Å². The number of rotatable bonds is 8. The van der Waals surface area contributed by atoms with Gasteiger partial charge in [-0.05, 0) is 56.5 Å². The maximum atomic E-state index is 13.7. The standard InChI is InChI=1S/C26H26F2N8O/c1-5-19-21(35-36(6-2)34-19)13-37-25-22(17-10-14(3)31-20(11-17)24(27)28)23(32-26(30)33-25)18-9-7-8-16(12-29)15(18)4/h7-11,24H,5-6,13H2,1-4H3,(H2,30,32,33). The monoisotopic (exact) mass is 504 g/mol. The Morgan fingerprint density at radius 1 is 1.08 bits per heavy atom. The zero-order valence-corrected chi connectivity index (χ0v) is 21.0. The van der Waals surface area contributed by atoms with Crippen molar-refractivity contribution in [2.75, 3.05) is 5.73 Å². The van der Waals surface area contributed by atoms with Gasteiger partial charge in [0.15, 0.2) is 0 Å². The molecule has 9 nitrogen and oxygen atoms in total. The van der Waals surface area contributed by atoms with Gasteiger partial charge in [-0.2, -0.15) is 25.2 Å². The Morgan fingerprint density at radius 2 is 1.84 bits per heavy atom. The number of benzene rings is 1. The molecule has 3 aromatic heterocycles. The van der Waals surface area contributed by atoms with E-state index < -0.39 is 6.43 Å². The van der Waals surface area contributed by atoms with Gasteiger partial charge in [0.05, 0.1) is 35.1 Å². The molecular formula is C26H26F2N8O. The van der Waals surface area contributed by atoms with Crippen molar-refractivity contribution in [3.05, 3.63) is 64.2 Å². The van der Waals surface area contributed by atoms with Crippen molar-refractivity contribution in [3.63, 3.8) is 0 Å². The van der Waals surface area contributed by atoms with Crippen LogP contribution in [0.25, 0.3) is 22.4 Å². The second-order valence-corrected chi connectivity index (χ2v) is 8.35. The van der Waals surface area contributed by atoms with Crippen LogP contribution in [0.1, 0.15) is 54.2 Å². The molecule has 1 aromatic carbocycles. The summed E-state index contributed by atoms with van der Waals surface area (Å²) >= 11 is 0. The molecule has 0 atom stereocenters. The highest BCUT2D eigenvalue weighted by molar-refractivity contribution is 5.86. The van der Waals surface area contributed by atoms with E-state index in [0.29, 0.717) is 57.9 Å². The number of halogens is 2. The third-order valence-corrected chi connectivity index (χ3v) is 5.86. The van der Waals surface area contributed by atoms with E-state index in [1.165, 1.54) is 6.07 Å². The predicted octanol–water partition coefficient (Wildman–Crippen LogP) is 4.97. The first-order valence-corrected chi connectivity index (χ1v) is 11.8. The Labute approximate surface area is 213 Å². The first kappa shape index (κ1) is 25.6. The van der Waals surface area contributed by atoms with Crippen molar-refractivity contribution in [2.45, 2.75) is 53.7 Å². The topological polar surface area (TPSA) is 128 Å². The summed E-state index contributed by atoms with van der Waals surface area (Å²) in [7, 11) is 0. The summed E-state index contributed by atoms with van der Waals surface area (Å²) in [6.45, 7) is 7.96. The lowest BCUT2D eigenvalue weighted by atomic mass is 9.94. The Morgan fingerprint density at radius 3 is 2.51 bits per heavy atom. The number of hydrogen-bond donors (Lipinski definition) is 1. The van der Waals surface area contributed by atoms with E-state index in [1.807, 2.05) is 13.8 Å². The molecule has 11 heteroatoms. The normalized spacial score (nSPS) is 11.1. The summed E-state index contributed by atoms with van der Waals surface area (Å²) in [6, 6.07) is 10.3. The number of ether oxygens (including phenoxy) is 1. The first-order valence-electron chi connectivity index (χ1n) is 11.8. The first-order chi connectivity index (χ1) is 17.7. The average Bonchev–Trinajstić information content (AvgIpc) is 3.29. The number of nitrogens with zero attached hydrogens (tertiary/aromatic N) is 7. The third-order valence-electron chi connectivity index (χ3n) is 5.86. The summed E-state index contributed by atoms with van der Waals surface area (Å²) in [5, 5.41) is 18.5. The molecule has 0 spiro atoms. The van der Waals surface area contributed by atoms with Gasteiger partial charge in [-0.1, -0.05) is 19.1 Å². The minimum absolute atomic E-state index is 0.0368. The summed E-state index contributed by atoms with van der Waals surface area (Å²) in [4.78, 5) is 14.3. The van der Waals surface area contributed by atoms with Gasteiger partial charge >= 0.3 is 0 Å². The molecule has 0 radical (unpaired) electrons. The van der Waals surface area contributed by atoms with E-state index in [1.54, 1.807) is 42.9 Å². The largest absolute Gasteiger partial charge is 0.470 e. The van der Waals surface area contributed by atoms with Crippen LogP contribution in [0.4, 0.5) is 14.7 Å². The van der Waals surface area contributed by atoms with Gasteiger partial charge in [0.25, 0.3) is 6.43 Å². The highest BCUT2D eigenvalue weighted by atomic mass is 19.3. The van der Waals surface area contributed by atoms with E-state index in [-0.39, 0.29) is 24.1 Å². The lowest BCUT2D eigenvalue weighted by molar-refractivity contribution is 0.146. The molecule has 0 fully saturated rings. The Hall–Kier alpha value is -4.46. The maximum absolute atomic E-state index is 13.7. The molecular weight excluding hydrogens is 478 g/mol. The van der Waals surface area contributed by atoms with Crippen LogP contribution in [0.3, 0.4) is 0 Å². The van der Waals surface area contributed by atoms with Gasteiger partial charge in [0.2, 0.25) is 11.8 Å². The van der Waals surface area contributed by atoms with Gasteiger partial charge in [-0.25, -0.2) is 13.8 Å². The van der Waals surface area contributed by atoms with Crippen molar-refractivity contribution >= 4 is 5.95 Å². The van der Waals surface area contributed by atoms with E-state index >= 15 is 0 Å². The van der Waals surface area contributed by atoms with Crippen molar-refractivity contribution in [1.29, 1.82) is 5.26 Å². The molecule has 0 amide bonds. The molecule has 0 aliphatic carbocycles. The number of alkyl halides is 2. The SMILES string of the molecule is CCc1nn(CC)nc1COc1nc(N)nc(-c2cccc(C#N)c2C)c1-c1cc(C)nc(C(F)F)c1. The smallest absolute Gasteiger partial charge is 0.280 e. The van der Waals surface area contributed by atoms with Crippen molar-refractivity contribution in [2.24, 2.45) is 0 Å². The third kappa shape index (κ3) is 5.23. The number of anilines is 1. The predicted molar refractivity (Wildman–Crippen MR) is 134 cm³/mol. The molecule has 2 N–H and O–H groups in total. The van der Waals surface area contributed by atoms with Crippen LogP contribution in [0.15, 0.2) is 30.3 Å². The molecule has 4 aromatic rings. The molecule has 0 saturated carbocycles. The highest BCUT2D eigenvalue weighted by Gasteiger charge is 2.23. The zero-order valence-electron chi connectivity index (χ0n) is 21.0. The second-order valence-electron chi connectivity index (χ2n) is 8.35. The quantitative estimate of drug-likeness (QED) is 0.356. The van der Waals surface area contributed by atoms with Crippen LogP contribution < -0.4 is 10.5 Å². The summed E-state index contributed by atoms with van der Waals surface area (Å²) < 4.78 is 33.5. The summed E-state index contributed by atoms with van der Waals surface area (Å²) in [5.41, 5.74) is 10.3.